The van der Waals surface area contributed by atoms with Gasteiger partial charge in [0, 0.05) is 11.7 Å². The molecule has 0 unspecified atom stereocenters. The summed E-state index contributed by atoms with van der Waals surface area (Å²) in [5, 5.41) is 3.32. The third-order valence-electron chi connectivity index (χ3n) is 7.37. The molecule has 0 heterocycles. The zero-order valence-electron chi connectivity index (χ0n) is 26.0. The number of anilines is 1. The first-order chi connectivity index (χ1) is 21.2. The van der Waals surface area contributed by atoms with Crippen molar-refractivity contribution in [3.8, 4) is 22.6 Å². The van der Waals surface area contributed by atoms with Crippen LogP contribution in [0.4, 0.5) is 5.69 Å². The first kappa shape index (κ1) is 32.0. The van der Waals surface area contributed by atoms with Crippen LogP contribution in [-0.4, -0.2) is 22.9 Å². The molecule has 0 amide bonds. The second-order valence-electron chi connectivity index (χ2n) is 12.2. The van der Waals surface area contributed by atoms with Crippen molar-refractivity contribution in [2.45, 2.75) is 65.7 Å². The summed E-state index contributed by atoms with van der Waals surface area (Å²) in [6.07, 6.45) is 0. The lowest BCUT2D eigenvalue weighted by Crippen LogP contribution is -2.11. The first-order valence-electron chi connectivity index (χ1n) is 14.7. The minimum atomic E-state index is -3.76. The minimum Gasteiger partial charge on any atom is -0.457 e. The van der Waals surface area contributed by atoms with Gasteiger partial charge in [0.1, 0.15) is 11.5 Å². The molecule has 5 aromatic rings. The van der Waals surface area contributed by atoms with Gasteiger partial charge in [-0.2, -0.15) is 0 Å². The van der Waals surface area contributed by atoms with Gasteiger partial charge in [-0.25, -0.2) is 16.8 Å². The van der Waals surface area contributed by atoms with Crippen LogP contribution < -0.4 is 10.1 Å². The fourth-order valence-electron chi connectivity index (χ4n) is 4.83. The number of hydrogen-bond donors (Lipinski definition) is 1. The number of rotatable bonds is 9. The molecule has 1 N–H and O–H groups in total. The Morgan fingerprint density at radius 1 is 0.511 bits per heavy atom. The summed E-state index contributed by atoms with van der Waals surface area (Å²) in [6.45, 7) is 10.4. The van der Waals surface area contributed by atoms with Gasteiger partial charge in [0.15, 0.2) is 0 Å². The van der Waals surface area contributed by atoms with Crippen molar-refractivity contribution in [3.63, 3.8) is 0 Å². The van der Waals surface area contributed by atoms with Crippen molar-refractivity contribution in [1.29, 1.82) is 0 Å². The largest absolute Gasteiger partial charge is 0.457 e. The smallest absolute Gasteiger partial charge is 0.206 e. The average molecular weight is 640 g/mol. The Balaban J connectivity index is 1.27. The first-order valence-corrected chi connectivity index (χ1v) is 17.7. The number of benzene rings is 5. The molecule has 0 atom stereocenters. The summed E-state index contributed by atoms with van der Waals surface area (Å²) in [4.78, 5) is 0.752. The summed E-state index contributed by atoms with van der Waals surface area (Å²) in [5.41, 5.74) is 3.52. The van der Waals surface area contributed by atoms with Crippen molar-refractivity contribution < 1.29 is 21.6 Å². The van der Waals surface area contributed by atoms with Crippen molar-refractivity contribution >= 4 is 25.4 Å². The fourth-order valence-corrected chi connectivity index (χ4v) is 7.36. The monoisotopic (exact) mass is 639 g/mol. The Morgan fingerprint density at radius 2 is 0.844 bits per heavy atom. The van der Waals surface area contributed by atoms with Gasteiger partial charge in [-0.3, -0.25) is 0 Å². The van der Waals surface area contributed by atoms with Crippen LogP contribution in [0.1, 0.15) is 40.2 Å². The molecule has 0 spiro atoms. The minimum absolute atomic E-state index is 0.0721. The Kier molecular flexibility index (Phi) is 8.92. The van der Waals surface area contributed by atoms with E-state index in [9.17, 15) is 16.8 Å². The Morgan fingerprint density at radius 3 is 1.20 bits per heavy atom. The topological polar surface area (TPSA) is 89.5 Å². The molecule has 5 rings (SSSR count). The highest BCUT2D eigenvalue weighted by molar-refractivity contribution is 7.91. The molecular weight excluding hydrogens is 603 g/mol. The van der Waals surface area contributed by atoms with E-state index in [2.05, 4.69) is 39.9 Å². The van der Waals surface area contributed by atoms with Gasteiger partial charge < -0.3 is 10.1 Å². The number of sulfone groups is 2. The summed E-state index contributed by atoms with van der Waals surface area (Å²) in [7, 11) is -7.43. The molecule has 0 saturated carbocycles. The van der Waals surface area contributed by atoms with Crippen LogP contribution in [0.15, 0.2) is 141 Å². The third-order valence-corrected chi connectivity index (χ3v) is 10.9. The maximum absolute atomic E-state index is 13.3. The molecular formula is C37H37NO5S2. The second kappa shape index (κ2) is 12.5. The third kappa shape index (κ3) is 7.30. The van der Waals surface area contributed by atoms with Gasteiger partial charge in [-0.15, -0.1) is 0 Å². The van der Waals surface area contributed by atoms with E-state index in [0.29, 0.717) is 17.5 Å². The van der Waals surface area contributed by atoms with E-state index in [1.807, 2.05) is 36.4 Å². The number of nitrogens with one attached hydrogen (secondary N) is 1. The normalized spacial score (nSPS) is 12.2. The lowest BCUT2D eigenvalue weighted by atomic mass is 9.87. The molecule has 0 saturated heterocycles. The maximum atomic E-state index is 13.3. The zero-order valence-corrected chi connectivity index (χ0v) is 27.6. The van der Waals surface area contributed by atoms with Crippen LogP contribution >= 0.6 is 0 Å². The molecule has 45 heavy (non-hydrogen) atoms. The molecule has 0 aromatic heterocycles. The summed E-state index contributed by atoms with van der Waals surface area (Å²) < 4.78 is 59.0. The Hall–Kier alpha value is -4.40. The summed E-state index contributed by atoms with van der Waals surface area (Å²) in [5.74, 6) is 1.18. The van der Waals surface area contributed by atoms with E-state index in [4.69, 9.17) is 4.74 Å². The van der Waals surface area contributed by atoms with Gasteiger partial charge in [0.25, 0.3) is 0 Å². The fraction of sp³-hybridized carbons (Fsp3) is 0.189. The van der Waals surface area contributed by atoms with E-state index in [0.717, 1.165) is 22.4 Å². The summed E-state index contributed by atoms with van der Waals surface area (Å²) in [6, 6.07) is 34.4. The van der Waals surface area contributed by atoms with Gasteiger partial charge in [-0.05, 0) is 121 Å². The number of ether oxygens (including phenoxy) is 1. The molecule has 0 aliphatic rings. The Bertz CT molecular complexity index is 1970. The summed E-state index contributed by atoms with van der Waals surface area (Å²) >= 11 is 0. The van der Waals surface area contributed by atoms with Gasteiger partial charge in [0.2, 0.25) is 19.7 Å². The van der Waals surface area contributed by atoms with Crippen molar-refractivity contribution in [1.82, 2.24) is 0 Å². The molecule has 8 heteroatoms. The van der Waals surface area contributed by atoms with E-state index >= 15 is 0 Å². The van der Waals surface area contributed by atoms with Crippen molar-refractivity contribution in [2.75, 3.05) is 5.32 Å². The lowest BCUT2D eigenvalue weighted by molar-refractivity contribution is 0.482. The highest BCUT2D eigenvalue weighted by Crippen LogP contribution is 2.30. The predicted molar refractivity (Wildman–Crippen MR) is 180 cm³/mol. The molecule has 0 radical (unpaired) electrons. The van der Waals surface area contributed by atoms with E-state index in [-0.39, 0.29) is 25.0 Å². The molecule has 0 aliphatic heterocycles. The molecule has 0 bridgehead atoms. The van der Waals surface area contributed by atoms with Crippen LogP contribution in [0.3, 0.4) is 0 Å². The zero-order chi connectivity index (χ0) is 32.4. The second-order valence-corrected chi connectivity index (χ2v) is 16.1. The standard InChI is InChI=1S/C37H37NO5S2/c1-26(2)38-30-12-14-31(15-13-30)43-32-16-24-36(25-17-32)45(41,42)34-20-8-28(9-21-34)27-6-18-33(19-7-27)44(39,40)35-22-10-29(11-23-35)37(3,4)5/h6-26,38H,1-5H3. The van der Waals surface area contributed by atoms with Crippen LogP contribution in [0.25, 0.3) is 11.1 Å². The van der Waals surface area contributed by atoms with Crippen LogP contribution in [-0.2, 0) is 25.1 Å². The SMILES string of the molecule is CC(C)Nc1ccc(Oc2ccc(S(=O)(=O)c3ccc(-c4ccc(S(=O)(=O)c5ccc(C(C)(C)C)cc5)cc4)cc3)cc2)cc1. The maximum Gasteiger partial charge on any atom is 0.206 e. The molecule has 5 aromatic carbocycles. The van der Waals surface area contributed by atoms with Crippen LogP contribution in [0.5, 0.6) is 11.5 Å². The molecule has 232 valence electrons. The van der Waals surface area contributed by atoms with Gasteiger partial charge >= 0.3 is 0 Å². The molecule has 0 fully saturated rings. The molecule has 0 aliphatic carbocycles. The van der Waals surface area contributed by atoms with Gasteiger partial charge in [-0.1, -0.05) is 57.2 Å². The number of hydrogen-bond acceptors (Lipinski definition) is 6. The van der Waals surface area contributed by atoms with E-state index < -0.39 is 19.7 Å². The molecule has 6 nitrogen and oxygen atoms in total. The highest BCUT2D eigenvalue weighted by atomic mass is 32.2. The van der Waals surface area contributed by atoms with Crippen molar-refractivity contribution in [2.24, 2.45) is 0 Å². The van der Waals surface area contributed by atoms with Crippen molar-refractivity contribution in [3.05, 3.63) is 127 Å². The quantitative estimate of drug-likeness (QED) is 0.173. The predicted octanol–water partition coefficient (Wildman–Crippen LogP) is 8.93. The van der Waals surface area contributed by atoms with Crippen LogP contribution in [0.2, 0.25) is 0 Å². The van der Waals surface area contributed by atoms with Crippen LogP contribution in [0, 0.1) is 0 Å². The average Bonchev–Trinajstić information content (AvgIpc) is 3.02. The van der Waals surface area contributed by atoms with E-state index in [1.165, 1.54) is 12.1 Å². The Labute approximate surface area is 266 Å². The van der Waals surface area contributed by atoms with Gasteiger partial charge in [0.05, 0.1) is 19.6 Å². The lowest BCUT2D eigenvalue weighted by Gasteiger charge is -2.19. The van der Waals surface area contributed by atoms with E-state index in [1.54, 1.807) is 72.8 Å². The highest BCUT2D eigenvalue weighted by Gasteiger charge is 2.21.